The number of aromatic nitrogens is 3. The highest BCUT2D eigenvalue weighted by molar-refractivity contribution is 6.30. The van der Waals surface area contributed by atoms with Crippen molar-refractivity contribution in [2.45, 2.75) is 0 Å². The van der Waals surface area contributed by atoms with Crippen molar-refractivity contribution in [2.75, 3.05) is 0 Å². The molecule has 0 radical (unpaired) electrons. The Balaban J connectivity index is 2.03. The van der Waals surface area contributed by atoms with E-state index in [-0.39, 0.29) is 0 Å². The number of hydrogen-bond acceptors (Lipinski definition) is 3. The normalized spacial score (nSPS) is 11.2. The van der Waals surface area contributed by atoms with Gasteiger partial charge in [0.2, 0.25) is 0 Å². The molecule has 0 amide bonds. The van der Waals surface area contributed by atoms with Crippen LogP contribution in [0.3, 0.4) is 0 Å². The fourth-order valence-electron chi connectivity index (χ4n) is 2.09. The monoisotopic (exact) mass is 306 g/mol. The lowest BCUT2D eigenvalue weighted by molar-refractivity contribution is 1.10. The van der Waals surface area contributed by atoms with Gasteiger partial charge >= 0.3 is 0 Å². The van der Waals surface area contributed by atoms with E-state index in [9.17, 15) is 5.26 Å². The van der Waals surface area contributed by atoms with Crippen LogP contribution < -0.4 is 0 Å². The number of allylic oxidation sites excluding steroid dienone is 1. The zero-order chi connectivity index (χ0) is 15.4. The second-order valence-corrected chi connectivity index (χ2v) is 5.03. The minimum Gasteiger partial charge on any atom is -0.277 e. The number of hydrogen-bond donors (Lipinski definition) is 1. The predicted molar refractivity (Wildman–Crippen MR) is 86.8 cm³/mol. The van der Waals surface area contributed by atoms with E-state index in [1.165, 1.54) is 0 Å². The lowest BCUT2D eigenvalue weighted by atomic mass is 10.0. The maximum absolute atomic E-state index is 9.37. The molecule has 2 heterocycles. The summed E-state index contributed by atoms with van der Waals surface area (Å²) in [5.41, 5.74) is 3.72. The average molecular weight is 307 g/mol. The van der Waals surface area contributed by atoms with Crippen LogP contribution in [-0.4, -0.2) is 15.2 Å². The first-order chi connectivity index (χ1) is 10.8. The van der Waals surface area contributed by atoms with Crippen LogP contribution in [0.1, 0.15) is 11.3 Å². The van der Waals surface area contributed by atoms with E-state index in [0.717, 1.165) is 16.8 Å². The Labute approximate surface area is 132 Å². The third-order valence-electron chi connectivity index (χ3n) is 3.16. The zero-order valence-corrected chi connectivity index (χ0v) is 12.2. The minimum atomic E-state index is 0.484. The molecular formula is C17H11ClN4. The molecule has 0 fully saturated rings. The van der Waals surface area contributed by atoms with Gasteiger partial charge in [-0.15, -0.1) is 0 Å². The van der Waals surface area contributed by atoms with Crippen molar-refractivity contribution >= 4 is 23.3 Å². The number of rotatable bonds is 3. The fourth-order valence-corrected chi connectivity index (χ4v) is 2.22. The second kappa shape index (κ2) is 6.25. The SMILES string of the molecule is N#C/C(=C/c1cn[nH]c1-c1ccc(Cl)cc1)c1ccccn1. The summed E-state index contributed by atoms with van der Waals surface area (Å²) in [7, 11) is 0. The molecule has 0 saturated carbocycles. The molecule has 0 aliphatic carbocycles. The van der Waals surface area contributed by atoms with Gasteiger partial charge in [0.15, 0.2) is 0 Å². The first-order valence-corrected chi connectivity index (χ1v) is 6.98. The van der Waals surface area contributed by atoms with E-state index in [4.69, 9.17) is 11.6 Å². The molecule has 0 aliphatic rings. The smallest absolute Gasteiger partial charge is 0.101 e. The average Bonchev–Trinajstić information content (AvgIpc) is 3.02. The Hall–Kier alpha value is -2.90. The van der Waals surface area contributed by atoms with Crippen molar-refractivity contribution in [3.05, 3.63) is 71.1 Å². The molecule has 106 valence electrons. The van der Waals surface area contributed by atoms with Gasteiger partial charge in [-0.05, 0) is 30.3 Å². The molecule has 0 aliphatic heterocycles. The Morgan fingerprint density at radius 3 is 2.68 bits per heavy atom. The Bertz CT molecular complexity index is 842. The summed E-state index contributed by atoms with van der Waals surface area (Å²) < 4.78 is 0. The zero-order valence-electron chi connectivity index (χ0n) is 11.5. The van der Waals surface area contributed by atoms with Crippen LogP contribution in [0.25, 0.3) is 22.9 Å². The molecule has 0 saturated heterocycles. The van der Waals surface area contributed by atoms with Crippen LogP contribution in [-0.2, 0) is 0 Å². The Morgan fingerprint density at radius 1 is 1.18 bits per heavy atom. The van der Waals surface area contributed by atoms with Gasteiger partial charge in [-0.2, -0.15) is 10.4 Å². The molecule has 3 aromatic rings. The number of benzene rings is 1. The molecule has 3 rings (SSSR count). The lowest BCUT2D eigenvalue weighted by Gasteiger charge is -2.01. The lowest BCUT2D eigenvalue weighted by Crippen LogP contribution is -1.87. The highest BCUT2D eigenvalue weighted by atomic mass is 35.5. The van der Waals surface area contributed by atoms with Crippen molar-refractivity contribution in [2.24, 2.45) is 0 Å². The number of nitriles is 1. The summed E-state index contributed by atoms with van der Waals surface area (Å²) in [6.45, 7) is 0. The fraction of sp³-hybridized carbons (Fsp3) is 0. The predicted octanol–water partition coefficient (Wildman–Crippen LogP) is 4.19. The van der Waals surface area contributed by atoms with E-state index < -0.39 is 0 Å². The molecule has 1 N–H and O–H groups in total. The minimum absolute atomic E-state index is 0.484. The third-order valence-corrected chi connectivity index (χ3v) is 3.41. The number of halogens is 1. The van der Waals surface area contributed by atoms with Crippen LogP contribution >= 0.6 is 11.6 Å². The van der Waals surface area contributed by atoms with Crippen molar-refractivity contribution < 1.29 is 0 Å². The standard InChI is InChI=1S/C17H11ClN4/c18-15-6-4-12(5-7-15)17-14(11-21-22-17)9-13(10-19)16-3-1-2-8-20-16/h1-9,11H,(H,21,22)/b13-9-. The molecule has 5 heteroatoms. The van der Waals surface area contributed by atoms with Crippen LogP contribution in [0.4, 0.5) is 0 Å². The molecule has 4 nitrogen and oxygen atoms in total. The molecule has 2 aromatic heterocycles. The number of aromatic amines is 1. The number of pyridine rings is 1. The molecule has 0 bridgehead atoms. The third kappa shape index (κ3) is 2.90. The van der Waals surface area contributed by atoms with Gasteiger partial charge in [0, 0.05) is 22.3 Å². The molecule has 22 heavy (non-hydrogen) atoms. The second-order valence-electron chi connectivity index (χ2n) is 4.59. The molecule has 0 unspecified atom stereocenters. The van der Waals surface area contributed by atoms with Crippen LogP contribution in [0.15, 0.2) is 54.9 Å². The van der Waals surface area contributed by atoms with Crippen molar-refractivity contribution in [1.82, 2.24) is 15.2 Å². The molecular weight excluding hydrogens is 296 g/mol. The van der Waals surface area contributed by atoms with Crippen LogP contribution in [0.5, 0.6) is 0 Å². The molecule has 0 spiro atoms. The summed E-state index contributed by atoms with van der Waals surface area (Å²) >= 11 is 5.91. The van der Waals surface area contributed by atoms with E-state index in [2.05, 4.69) is 21.3 Å². The first-order valence-electron chi connectivity index (χ1n) is 6.60. The first kappa shape index (κ1) is 14.1. The number of nitrogens with zero attached hydrogens (tertiary/aromatic N) is 3. The number of nitrogens with one attached hydrogen (secondary N) is 1. The molecule has 1 aromatic carbocycles. The van der Waals surface area contributed by atoms with E-state index in [1.807, 2.05) is 36.4 Å². The summed E-state index contributed by atoms with van der Waals surface area (Å²) in [4.78, 5) is 4.21. The maximum atomic E-state index is 9.37. The topological polar surface area (TPSA) is 65.4 Å². The summed E-state index contributed by atoms with van der Waals surface area (Å²) in [6, 6.07) is 15.1. The Morgan fingerprint density at radius 2 is 2.00 bits per heavy atom. The van der Waals surface area contributed by atoms with Crippen LogP contribution in [0, 0.1) is 11.3 Å². The van der Waals surface area contributed by atoms with Gasteiger partial charge in [0.1, 0.15) is 6.07 Å². The highest BCUT2D eigenvalue weighted by Gasteiger charge is 2.08. The van der Waals surface area contributed by atoms with Crippen molar-refractivity contribution in [1.29, 1.82) is 5.26 Å². The van der Waals surface area contributed by atoms with Gasteiger partial charge in [0.05, 0.1) is 23.2 Å². The summed E-state index contributed by atoms with van der Waals surface area (Å²) in [5.74, 6) is 0. The van der Waals surface area contributed by atoms with E-state index in [1.54, 1.807) is 24.5 Å². The van der Waals surface area contributed by atoms with Gasteiger partial charge < -0.3 is 0 Å². The summed E-state index contributed by atoms with van der Waals surface area (Å²) in [6.07, 6.45) is 5.12. The maximum Gasteiger partial charge on any atom is 0.101 e. The van der Waals surface area contributed by atoms with E-state index in [0.29, 0.717) is 16.3 Å². The quantitative estimate of drug-likeness (QED) is 0.738. The van der Waals surface area contributed by atoms with Crippen LogP contribution in [0.2, 0.25) is 5.02 Å². The molecule has 0 atom stereocenters. The highest BCUT2D eigenvalue weighted by Crippen LogP contribution is 2.26. The largest absolute Gasteiger partial charge is 0.277 e. The van der Waals surface area contributed by atoms with Gasteiger partial charge in [-0.25, -0.2) is 0 Å². The Kier molecular flexibility index (Phi) is 3.99. The van der Waals surface area contributed by atoms with Crippen molar-refractivity contribution in [3.8, 4) is 17.3 Å². The number of H-pyrrole nitrogens is 1. The van der Waals surface area contributed by atoms with E-state index >= 15 is 0 Å². The van der Waals surface area contributed by atoms with Gasteiger partial charge in [-0.3, -0.25) is 10.1 Å². The van der Waals surface area contributed by atoms with Gasteiger partial charge in [0.25, 0.3) is 0 Å². The van der Waals surface area contributed by atoms with Crippen molar-refractivity contribution in [3.63, 3.8) is 0 Å². The summed E-state index contributed by atoms with van der Waals surface area (Å²) in [5, 5.41) is 17.1. The van der Waals surface area contributed by atoms with Gasteiger partial charge in [-0.1, -0.05) is 29.8 Å².